The second kappa shape index (κ2) is 8.37. The lowest BCUT2D eigenvalue weighted by atomic mass is 9.87. The maximum atomic E-state index is 13.0. The van der Waals surface area contributed by atoms with Gasteiger partial charge in [-0.05, 0) is 49.2 Å². The number of carbonyl (C=O) groups is 1. The summed E-state index contributed by atoms with van der Waals surface area (Å²) in [6.07, 6.45) is 0.614. The summed E-state index contributed by atoms with van der Waals surface area (Å²) in [5.41, 5.74) is 1.92. The van der Waals surface area contributed by atoms with E-state index in [2.05, 4.69) is 18.9 Å². The van der Waals surface area contributed by atoms with E-state index in [0.29, 0.717) is 5.92 Å². The van der Waals surface area contributed by atoms with Crippen molar-refractivity contribution in [1.82, 2.24) is 4.90 Å². The van der Waals surface area contributed by atoms with E-state index < -0.39 is 6.10 Å². The molecule has 0 spiro atoms. The number of likely N-dealkylation sites (tertiary alicyclic amines) is 1. The van der Waals surface area contributed by atoms with Crippen LogP contribution < -0.4 is 4.74 Å². The topological polar surface area (TPSA) is 38.8 Å². The molecule has 1 aliphatic heterocycles. The van der Waals surface area contributed by atoms with Gasteiger partial charge in [0.15, 0.2) is 6.10 Å². The number of rotatable bonds is 5. The molecule has 0 saturated carbocycles. The highest BCUT2D eigenvalue weighted by Crippen LogP contribution is 2.31. The fourth-order valence-corrected chi connectivity index (χ4v) is 3.48. The van der Waals surface area contributed by atoms with E-state index in [0.717, 1.165) is 36.4 Å². The van der Waals surface area contributed by atoms with Crippen LogP contribution in [0.5, 0.6) is 5.75 Å². The normalized spacial score (nSPS) is 21.8. The van der Waals surface area contributed by atoms with Crippen LogP contribution in [0.4, 0.5) is 0 Å². The Morgan fingerprint density at radius 2 is 1.73 bits per heavy atom. The second-order valence-corrected chi connectivity index (χ2v) is 7.14. The van der Waals surface area contributed by atoms with Crippen molar-refractivity contribution >= 4 is 5.97 Å². The molecule has 4 nitrogen and oxygen atoms in total. The van der Waals surface area contributed by atoms with Gasteiger partial charge in [0.2, 0.25) is 0 Å². The van der Waals surface area contributed by atoms with Crippen molar-refractivity contribution in [3.05, 3.63) is 65.7 Å². The lowest BCUT2D eigenvalue weighted by Gasteiger charge is -2.34. The molecule has 0 aliphatic carbocycles. The molecule has 1 aliphatic rings. The molecule has 26 heavy (non-hydrogen) atoms. The van der Waals surface area contributed by atoms with E-state index in [1.165, 1.54) is 0 Å². The third kappa shape index (κ3) is 4.25. The smallest absolute Gasteiger partial charge is 0.311 e. The summed E-state index contributed by atoms with van der Waals surface area (Å²) in [4.78, 5) is 15.2. The Labute approximate surface area is 155 Å². The standard InChI is InChI=1S/C22H27NO3/c1-16-13-14-23(2)15-20(16)22(24)26-21(17-7-5-4-6-8-17)18-9-11-19(25-3)12-10-18/h4-12,16,20-21H,13-15H2,1-3H3. The van der Waals surface area contributed by atoms with E-state index in [1.807, 2.05) is 54.6 Å². The van der Waals surface area contributed by atoms with Crippen LogP contribution in [0.3, 0.4) is 0 Å². The Kier molecular flexibility index (Phi) is 5.94. The van der Waals surface area contributed by atoms with E-state index in [4.69, 9.17) is 9.47 Å². The molecule has 0 aromatic heterocycles. The van der Waals surface area contributed by atoms with E-state index in [1.54, 1.807) is 7.11 Å². The third-order valence-electron chi connectivity index (χ3n) is 5.22. The number of benzene rings is 2. The Balaban J connectivity index is 1.84. The fraction of sp³-hybridized carbons (Fsp3) is 0.409. The molecule has 3 unspecified atom stereocenters. The SMILES string of the molecule is COc1ccc(C(OC(=O)C2CN(C)CCC2C)c2ccccc2)cc1. The lowest BCUT2D eigenvalue weighted by molar-refractivity contribution is -0.156. The maximum absolute atomic E-state index is 13.0. The number of nitrogens with zero attached hydrogens (tertiary/aromatic N) is 1. The van der Waals surface area contributed by atoms with E-state index in [9.17, 15) is 4.79 Å². The number of hydrogen-bond acceptors (Lipinski definition) is 4. The van der Waals surface area contributed by atoms with Crippen LogP contribution in [0.25, 0.3) is 0 Å². The zero-order valence-corrected chi connectivity index (χ0v) is 15.7. The Morgan fingerprint density at radius 3 is 2.38 bits per heavy atom. The van der Waals surface area contributed by atoms with Crippen LogP contribution in [-0.2, 0) is 9.53 Å². The van der Waals surface area contributed by atoms with E-state index >= 15 is 0 Å². The minimum Gasteiger partial charge on any atom is -0.497 e. The molecular weight excluding hydrogens is 326 g/mol. The molecule has 3 rings (SSSR count). The van der Waals surface area contributed by atoms with Crippen LogP contribution >= 0.6 is 0 Å². The van der Waals surface area contributed by atoms with Gasteiger partial charge in [0.05, 0.1) is 13.0 Å². The molecule has 0 bridgehead atoms. The molecule has 0 amide bonds. The lowest BCUT2D eigenvalue weighted by Crippen LogP contribution is -2.42. The molecule has 1 fully saturated rings. The van der Waals surface area contributed by atoms with Crippen LogP contribution in [0.1, 0.15) is 30.6 Å². The predicted octanol–water partition coefficient (Wildman–Crippen LogP) is 3.92. The average molecular weight is 353 g/mol. The van der Waals surface area contributed by atoms with Gasteiger partial charge in [-0.15, -0.1) is 0 Å². The van der Waals surface area contributed by atoms with Crippen LogP contribution in [0.2, 0.25) is 0 Å². The number of hydrogen-bond donors (Lipinski definition) is 0. The highest BCUT2D eigenvalue weighted by atomic mass is 16.5. The molecule has 138 valence electrons. The Hall–Kier alpha value is -2.33. The summed E-state index contributed by atoms with van der Waals surface area (Å²) < 4.78 is 11.3. The summed E-state index contributed by atoms with van der Waals surface area (Å²) in [7, 11) is 3.70. The van der Waals surface area contributed by atoms with Crippen molar-refractivity contribution < 1.29 is 14.3 Å². The minimum atomic E-state index is -0.408. The number of esters is 1. The van der Waals surface area contributed by atoms with Crippen LogP contribution in [-0.4, -0.2) is 38.1 Å². The highest BCUT2D eigenvalue weighted by Gasteiger charge is 2.33. The molecular formula is C22H27NO3. The molecule has 4 heteroatoms. The summed E-state index contributed by atoms with van der Waals surface area (Å²) >= 11 is 0. The highest BCUT2D eigenvalue weighted by molar-refractivity contribution is 5.74. The first-order chi connectivity index (χ1) is 12.6. The molecule has 3 atom stereocenters. The van der Waals surface area contributed by atoms with Gasteiger partial charge in [-0.2, -0.15) is 0 Å². The van der Waals surface area contributed by atoms with Crippen molar-refractivity contribution in [1.29, 1.82) is 0 Å². The Morgan fingerprint density at radius 1 is 1.08 bits per heavy atom. The van der Waals surface area contributed by atoms with Gasteiger partial charge in [0, 0.05) is 6.54 Å². The van der Waals surface area contributed by atoms with Crippen molar-refractivity contribution in [3.63, 3.8) is 0 Å². The first kappa shape index (κ1) is 18.5. The van der Waals surface area contributed by atoms with Gasteiger partial charge >= 0.3 is 5.97 Å². The van der Waals surface area contributed by atoms with Crippen molar-refractivity contribution in [3.8, 4) is 5.75 Å². The number of carbonyl (C=O) groups excluding carboxylic acids is 1. The quantitative estimate of drug-likeness (QED) is 0.764. The van der Waals surface area contributed by atoms with Crippen molar-refractivity contribution in [2.45, 2.75) is 19.4 Å². The molecule has 2 aromatic rings. The van der Waals surface area contributed by atoms with Crippen LogP contribution in [0.15, 0.2) is 54.6 Å². The van der Waals surface area contributed by atoms with Gasteiger partial charge in [-0.3, -0.25) is 4.79 Å². The predicted molar refractivity (Wildman–Crippen MR) is 102 cm³/mol. The summed E-state index contributed by atoms with van der Waals surface area (Å²) in [5, 5.41) is 0. The summed E-state index contributed by atoms with van der Waals surface area (Å²) in [5.74, 6) is 0.923. The number of ether oxygens (including phenoxy) is 2. The second-order valence-electron chi connectivity index (χ2n) is 7.14. The van der Waals surface area contributed by atoms with Crippen LogP contribution in [0, 0.1) is 11.8 Å². The summed E-state index contributed by atoms with van der Waals surface area (Å²) in [6, 6.07) is 17.6. The molecule has 1 heterocycles. The largest absolute Gasteiger partial charge is 0.497 e. The molecule has 0 N–H and O–H groups in total. The number of piperidine rings is 1. The monoisotopic (exact) mass is 353 g/mol. The Bertz CT molecular complexity index is 714. The van der Waals surface area contributed by atoms with Gasteiger partial charge in [-0.1, -0.05) is 49.4 Å². The molecule has 0 radical (unpaired) electrons. The van der Waals surface area contributed by atoms with Gasteiger partial charge in [-0.25, -0.2) is 0 Å². The van der Waals surface area contributed by atoms with Crippen molar-refractivity contribution in [2.24, 2.45) is 11.8 Å². The van der Waals surface area contributed by atoms with Crippen molar-refractivity contribution in [2.75, 3.05) is 27.2 Å². The summed E-state index contributed by atoms with van der Waals surface area (Å²) in [6.45, 7) is 3.93. The van der Waals surface area contributed by atoms with Gasteiger partial charge in [0.25, 0.3) is 0 Å². The fourth-order valence-electron chi connectivity index (χ4n) is 3.48. The molecule has 1 saturated heterocycles. The third-order valence-corrected chi connectivity index (χ3v) is 5.22. The van der Waals surface area contributed by atoms with E-state index in [-0.39, 0.29) is 11.9 Å². The minimum absolute atomic E-state index is 0.0850. The zero-order valence-electron chi connectivity index (χ0n) is 15.7. The molecule has 2 aromatic carbocycles. The number of methoxy groups -OCH3 is 1. The average Bonchev–Trinajstić information content (AvgIpc) is 2.68. The zero-order chi connectivity index (χ0) is 18.5. The van der Waals surface area contributed by atoms with Gasteiger partial charge < -0.3 is 14.4 Å². The van der Waals surface area contributed by atoms with Gasteiger partial charge in [0.1, 0.15) is 5.75 Å². The maximum Gasteiger partial charge on any atom is 0.311 e. The first-order valence-electron chi connectivity index (χ1n) is 9.16. The first-order valence-corrected chi connectivity index (χ1v) is 9.16.